The zero-order valence-corrected chi connectivity index (χ0v) is 10.6. The summed E-state index contributed by atoms with van der Waals surface area (Å²) in [6, 6.07) is 6.59. The molecule has 0 heterocycles. The van der Waals surface area contributed by atoms with Crippen LogP contribution in [0.4, 0.5) is 5.69 Å². The van der Waals surface area contributed by atoms with Crippen molar-refractivity contribution >= 4 is 17.6 Å². The number of carboxylic acid groups (broad SMARTS) is 1. The molecule has 1 aromatic carbocycles. The van der Waals surface area contributed by atoms with Crippen molar-refractivity contribution in [3.05, 3.63) is 29.8 Å². The van der Waals surface area contributed by atoms with Gasteiger partial charge in [0.1, 0.15) is 0 Å². The highest BCUT2D eigenvalue weighted by Gasteiger charge is 2.11. The molecule has 0 radical (unpaired) electrons. The second kappa shape index (κ2) is 6.76. The van der Waals surface area contributed by atoms with Gasteiger partial charge >= 0.3 is 5.97 Å². The largest absolute Gasteiger partial charge is 0.478 e. The Morgan fingerprint density at radius 1 is 1.33 bits per heavy atom. The second-order valence-electron chi connectivity index (χ2n) is 4.09. The van der Waals surface area contributed by atoms with Crippen molar-refractivity contribution in [2.75, 3.05) is 11.9 Å². The number of para-hydroxylation sites is 1. The van der Waals surface area contributed by atoms with Gasteiger partial charge in [-0.15, -0.1) is 0 Å². The number of rotatable bonds is 6. The maximum Gasteiger partial charge on any atom is 0.337 e. The van der Waals surface area contributed by atoms with E-state index in [-0.39, 0.29) is 24.1 Å². The first-order valence-corrected chi connectivity index (χ1v) is 5.90. The van der Waals surface area contributed by atoms with Crippen molar-refractivity contribution in [3.63, 3.8) is 0 Å². The van der Waals surface area contributed by atoms with Crippen molar-refractivity contribution in [2.24, 2.45) is 0 Å². The summed E-state index contributed by atoms with van der Waals surface area (Å²) in [5, 5.41) is 14.6. The molecule has 0 fully saturated rings. The summed E-state index contributed by atoms with van der Waals surface area (Å²) in [5.41, 5.74) is 0.412. The lowest BCUT2D eigenvalue weighted by Gasteiger charge is -2.12. The van der Waals surface area contributed by atoms with E-state index >= 15 is 0 Å². The molecule has 0 aliphatic rings. The van der Waals surface area contributed by atoms with Gasteiger partial charge in [0, 0.05) is 6.04 Å². The number of nitrogens with one attached hydrogen (secondary N) is 2. The minimum absolute atomic E-state index is 0.0920. The number of carbonyl (C=O) groups is 2. The molecule has 5 nitrogen and oxygen atoms in total. The Labute approximate surface area is 106 Å². The van der Waals surface area contributed by atoms with Gasteiger partial charge in [0.05, 0.1) is 17.8 Å². The van der Waals surface area contributed by atoms with Crippen molar-refractivity contribution in [2.45, 2.75) is 26.3 Å². The van der Waals surface area contributed by atoms with E-state index in [0.29, 0.717) is 5.69 Å². The van der Waals surface area contributed by atoms with E-state index in [0.717, 1.165) is 6.42 Å². The highest BCUT2D eigenvalue weighted by Crippen LogP contribution is 2.14. The monoisotopic (exact) mass is 250 g/mol. The highest BCUT2D eigenvalue weighted by atomic mass is 16.4. The summed E-state index contributed by atoms with van der Waals surface area (Å²) >= 11 is 0. The first-order valence-electron chi connectivity index (χ1n) is 5.90. The van der Waals surface area contributed by atoms with E-state index in [2.05, 4.69) is 10.6 Å². The molecular weight excluding hydrogens is 232 g/mol. The molecular formula is C13H18N2O3. The fraction of sp³-hybridized carbons (Fsp3) is 0.385. The first kappa shape index (κ1) is 14.2. The summed E-state index contributed by atoms with van der Waals surface area (Å²) in [5.74, 6) is -1.30. The van der Waals surface area contributed by atoms with Crippen LogP contribution in [-0.2, 0) is 4.79 Å². The maximum absolute atomic E-state index is 11.6. The molecule has 0 bridgehead atoms. The van der Waals surface area contributed by atoms with Crippen LogP contribution in [-0.4, -0.2) is 29.6 Å². The van der Waals surface area contributed by atoms with E-state index in [1.807, 2.05) is 13.8 Å². The molecule has 0 saturated carbocycles. The van der Waals surface area contributed by atoms with Crippen molar-refractivity contribution in [3.8, 4) is 0 Å². The van der Waals surface area contributed by atoms with Crippen molar-refractivity contribution in [1.82, 2.24) is 5.32 Å². The Morgan fingerprint density at radius 2 is 2.00 bits per heavy atom. The lowest BCUT2D eigenvalue weighted by molar-refractivity contribution is -0.115. The average molecular weight is 250 g/mol. The Kier molecular flexibility index (Phi) is 5.32. The van der Waals surface area contributed by atoms with Gasteiger partial charge in [-0.3, -0.25) is 4.79 Å². The Morgan fingerprint density at radius 3 is 2.61 bits per heavy atom. The first-order chi connectivity index (χ1) is 8.54. The number of hydrogen-bond acceptors (Lipinski definition) is 3. The topological polar surface area (TPSA) is 78.4 Å². The van der Waals surface area contributed by atoms with E-state index in [1.54, 1.807) is 18.2 Å². The number of carbonyl (C=O) groups excluding carboxylic acids is 1. The van der Waals surface area contributed by atoms with Gasteiger partial charge in [-0.25, -0.2) is 4.79 Å². The highest BCUT2D eigenvalue weighted by molar-refractivity contribution is 6.01. The van der Waals surface area contributed by atoms with E-state index in [4.69, 9.17) is 5.11 Å². The Hall–Kier alpha value is -1.88. The normalized spacial score (nSPS) is 11.9. The van der Waals surface area contributed by atoms with E-state index in [9.17, 15) is 9.59 Å². The summed E-state index contributed by atoms with van der Waals surface area (Å²) in [6.45, 7) is 4.18. The summed E-state index contributed by atoms with van der Waals surface area (Å²) in [6.07, 6.45) is 0.930. The second-order valence-corrected chi connectivity index (χ2v) is 4.09. The molecule has 0 saturated heterocycles. The summed E-state index contributed by atoms with van der Waals surface area (Å²) in [7, 11) is 0. The molecule has 0 aromatic heterocycles. The smallest absolute Gasteiger partial charge is 0.337 e. The molecule has 1 unspecified atom stereocenters. The quantitative estimate of drug-likeness (QED) is 0.718. The number of aromatic carboxylic acids is 1. The molecule has 1 amide bonds. The minimum Gasteiger partial charge on any atom is -0.478 e. The predicted molar refractivity (Wildman–Crippen MR) is 69.8 cm³/mol. The summed E-state index contributed by atoms with van der Waals surface area (Å²) in [4.78, 5) is 22.6. The third-order valence-corrected chi connectivity index (χ3v) is 2.66. The molecule has 3 N–H and O–H groups in total. The van der Waals surface area contributed by atoms with Gasteiger partial charge in [0.25, 0.3) is 0 Å². The molecule has 5 heteroatoms. The standard InChI is InChI=1S/C13H18N2O3/c1-3-9(2)14-8-12(16)15-11-7-5-4-6-10(11)13(17)18/h4-7,9,14H,3,8H2,1-2H3,(H,15,16)(H,17,18). The Balaban J connectivity index is 2.62. The number of carboxylic acids is 1. The number of hydrogen-bond donors (Lipinski definition) is 3. The fourth-order valence-electron chi connectivity index (χ4n) is 1.38. The van der Waals surface area contributed by atoms with Crippen LogP contribution in [0.25, 0.3) is 0 Å². The molecule has 18 heavy (non-hydrogen) atoms. The van der Waals surface area contributed by atoms with Crippen LogP contribution in [0.2, 0.25) is 0 Å². The van der Waals surface area contributed by atoms with Crippen LogP contribution in [0.5, 0.6) is 0 Å². The predicted octanol–water partition coefficient (Wildman–Crippen LogP) is 1.71. The fourth-order valence-corrected chi connectivity index (χ4v) is 1.38. The average Bonchev–Trinajstić information content (AvgIpc) is 2.36. The van der Waals surface area contributed by atoms with Crippen LogP contribution in [0, 0.1) is 0 Å². The van der Waals surface area contributed by atoms with Gasteiger partial charge < -0.3 is 15.7 Å². The van der Waals surface area contributed by atoms with Gasteiger partial charge in [-0.1, -0.05) is 19.1 Å². The third-order valence-electron chi connectivity index (χ3n) is 2.66. The zero-order chi connectivity index (χ0) is 13.5. The molecule has 0 aliphatic carbocycles. The molecule has 98 valence electrons. The van der Waals surface area contributed by atoms with Crippen molar-refractivity contribution < 1.29 is 14.7 Å². The zero-order valence-electron chi connectivity index (χ0n) is 10.6. The van der Waals surface area contributed by atoms with Crippen LogP contribution in [0.1, 0.15) is 30.6 Å². The van der Waals surface area contributed by atoms with Gasteiger partial charge in [0.15, 0.2) is 0 Å². The third kappa shape index (κ3) is 4.18. The lowest BCUT2D eigenvalue weighted by atomic mass is 10.2. The number of anilines is 1. The molecule has 0 aliphatic heterocycles. The van der Waals surface area contributed by atoms with Gasteiger partial charge in [-0.2, -0.15) is 0 Å². The minimum atomic E-state index is -1.05. The van der Waals surface area contributed by atoms with E-state index in [1.165, 1.54) is 6.07 Å². The van der Waals surface area contributed by atoms with Crippen LogP contribution >= 0.6 is 0 Å². The summed E-state index contributed by atoms with van der Waals surface area (Å²) < 4.78 is 0. The molecule has 1 rings (SSSR count). The Bertz CT molecular complexity index is 432. The number of amides is 1. The van der Waals surface area contributed by atoms with Crippen LogP contribution < -0.4 is 10.6 Å². The van der Waals surface area contributed by atoms with Crippen LogP contribution in [0.3, 0.4) is 0 Å². The SMILES string of the molecule is CCC(C)NCC(=O)Nc1ccccc1C(=O)O. The van der Waals surface area contributed by atoms with Crippen LogP contribution in [0.15, 0.2) is 24.3 Å². The molecule has 1 atom stereocenters. The van der Waals surface area contributed by atoms with Gasteiger partial charge in [0.2, 0.25) is 5.91 Å². The molecule has 0 spiro atoms. The lowest BCUT2D eigenvalue weighted by Crippen LogP contribution is -2.34. The van der Waals surface area contributed by atoms with Crippen molar-refractivity contribution in [1.29, 1.82) is 0 Å². The van der Waals surface area contributed by atoms with Gasteiger partial charge in [-0.05, 0) is 25.5 Å². The number of benzene rings is 1. The maximum atomic E-state index is 11.6. The molecule has 1 aromatic rings. The van der Waals surface area contributed by atoms with E-state index < -0.39 is 5.97 Å².